The van der Waals surface area contributed by atoms with Crippen LogP contribution in [0.3, 0.4) is 0 Å². The quantitative estimate of drug-likeness (QED) is 0.764. The molecule has 0 fully saturated rings. The SMILES string of the molecule is COc1cccc(-c2nc3cc(C)ccn3c2N)c1. The van der Waals surface area contributed by atoms with Crippen molar-refractivity contribution in [1.82, 2.24) is 9.38 Å². The van der Waals surface area contributed by atoms with Gasteiger partial charge in [0.25, 0.3) is 0 Å². The van der Waals surface area contributed by atoms with E-state index in [1.165, 1.54) is 0 Å². The first-order valence-corrected chi connectivity index (χ1v) is 6.07. The average Bonchev–Trinajstić information content (AvgIpc) is 2.75. The van der Waals surface area contributed by atoms with Crippen LogP contribution < -0.4 is 10.5 Å². The molecule has 4 nitrogen and oxygen atoms in total. The second-order valence-electron chi connectivity index (χ2n) is 4.51. The molecule has 1 aromatic carbocycles. The molecule has 3 aromatic rings. The van der Waals surface area contributed by atoms with Gasteiger partial charge in [0.05, 0.1) is 7.11 Å². The Morgan fingerprint density at radius 3 is 2.84 bits per heavy atom. The summed E-state index contributed by atoms with van der Waals surface area (Å²) < 4.78 is 7.12. The van der Waals surface area contributed by atoms with E-state index in [9.17, 15) is 0 Å². The van der Waals surface area contributed by atoms with E-state index in [4.69, 9.17) is 10.5 Å². The van der Waals surface area contributed by atoms with E-state index < -0.39 is 0 Å². The van der Waals surface area contributed by atoms with Crippen molar-refractivity contribution in [3.05, 3.63) is 48.2 Å². The van der Waals surface area contributed by atoms with Gasteiger partial charge in [0.2, 0.25) is 0 Å². The largest absolute Gasteiger partial charge is 0.497 e. The number of ether oxygens (including phenoxy) is 1. The highest BCUT2D eigenvalue weighted by molar-refractivity contribution is 5.75. The molecule has 2 aromatic heterocycles. The van der Waals surface area contributed by atoms with E-state index in [2.05, 4.69) is 4.98 Å². The number of anilines is 1. The number of benzene rings is 1. The van der Waals surface area contributed by atoms with Gasteiger partial charge in [-0.05, 0) is 36.8 Å². The molecule has 2 heterocycles. The fourth-order valence-corrected chi connectivity index (χ4v) is 2.15. The molecule has 0 aliphatic heterocycles. The van der Waals surface area contributed by atoms with Gasteiger partial charge in [-0.25, -0.2) is 4.98 Å². The molecular weight excluding hydrogens is 238 g/mol. The molecule has 0 atom stereocenters. The second kappa shape index (κ2) is 4.31. The zero-order valence-electron chi connectivity index (χ0n) is 10.9. The molecule has 96 valence electrons. The van der Waals surface area contributed by atoms with Crippen molar-refractivity contribution >= 4 is 11.5 Å². The Labute approximate surface area is 111 Å². The molecule has 0 amide bonds. The number of methoxy groups -OCH3 is 1. The van der Waals surface area contributed by atoms with E-state index >= 15 is 0 Å². The number of rotatable bonds is 2. The molecule has 19 heavy (non-hydrogen) atoms. The van der Waals surface area contributed by atoms with Crippen LogP contribution in [0.4, 0.5) is 5.82 Å². The fourth-order valence-electron chi connectivity index (χ4n) is 2.15. The second-order valence-corrected chi connectivity index (χ2v) is 4.51. The maximum atomic E-state index is 6.17. The number of imidazole rings is 1. The van der Waals surface area contributed by atoms with Crippen LogP contribution >= 0.6 is 0 Å². The molecule has 0 aliphatic rings. The Balaban J connectivity index is 2.21. The Kier molecular flexibility index (Phi) is 2.63. The molecule has 0 spiro atoms. The Morgan fingerprint density at radius 1 is 1.21 bits per heavy atom. The van der Waals surface area contributed by atoms with Crippen LogP contribution in [0.25, 0.3) is 16.9 Å². The van der Waals surface area contributed by atoms with Gasteiger partial charge >= 0.3 is 0 Å². The predicted molar refractivity (Wildman–Crippen MR) is 76.3 cm³/mol. The van der Waals surface area contributed by atoms with Crippen molar-refractivity contribution in [2.24, 2.45) is 0 Å². The molecule has 0 saturated carbocycles. The number of nitrogens with zero attached hydrogens (tertiary/aromatic N) is 2. The van der Waals surface area contributed by atoms with Crippen molar-refractivity contribution in [2.75, 3.05) is 12.8 Å². The number of pyridine rings is 1. The highest BCUT2D eigenvalue weighted by Crippen LogP contribution is 2.28. The molecule has 4 heteroatoms. The van der Waals surface area contributed by atoms with Gasteiger partial charge in [0, 0.05) is 11.8 Å². The van der Waals surface area contributed by atoms with Crippen LogP contribution in [0.2, 0.25) is 0 Å². The number of nitrogen functional groups attached to an aromatic ring is 1. The third-order valence-electron chi connectivity index (χ3n) is 3.16. The molecule has 0 saturated heterocycles. The van der Waals surface area contributed by atoms with Gasteiger partial charge in [-0.3, -0.25) is 4.40 Å². The minimum Gasteiger partial charge on any atom is -0.497 e. The van der Waals surface area contributed by atoms with Crippen LogP contribution in [0.1, 0.15) is 5.56 Å². The lowest BCUT2D eigenvalue weighted by molar-refractivity contribution is 0.415. The van der Waals surface area contributed by atoms with E-state index in [0.717, 1.165) is 28.2 Å². The third kappa shape index (κ3) is 1.91. The van der Waals surface area contributed by atoms with Crippen LogP contribution in [-0.4, -0.2) is 16.5 Å². The van der Waals surface area contributed by atoms with Gasteiger partial charge < -0.3 is 10.5 Å². The van der Waals surface area contributed by atoms with Gasteiger partial charge in [0.1, 0.15) is 22.9 Å². The highest BCUT2D eigenvalue weighted by Gasteiger charge is 2.11. The van der Waals surface area contributed by atoms with Crippen molar-refractivity contribution in [2.45, 2.75) is 6.92 Å². The fraction of sp³-hybridized carbons (Fsp3) is 0.133. The summed E-state index contributed by atoms with van der Waals surface area (Å²) in [6.07, 6.45) is 1.94. The third-order valence-corrected chi connectivity index (χ3v) is 3.16. The van der Waals surface area contributed by atoms with Crippen LogP contribution in [0, 0.1) is 6.92 Å². The van der Waals surface area contributed by atoms with Crippen LogP contribution in [0.5, 0.6) is 5.75 Å². The van der Waals surface area contributed by atoms with Crippen molar-refractivity contribution in [3.8, 4) is 17.0 Å². The van der Waals surface area contributed by atoms with E-state index in [1.54, 1.807) is 7.11 Å². The molecule has 0 bridgehead atoms. The number of aryl methyl sites for hydroxylation is 1. The zero-order valence-corrected chi connectivity index (χ0v) is 10.9. The summed E-state index contributed by atoms with van der Waals surface area (Å²) >= 11 is 0. The number of nitrogens with two attached hydrogens (primary N) is 1. The van der Waals surface area contributed by atoms with Crippen LogP contribution in [0.15, 0.2) is 42.6 Å². The normalized spacial score (nSPS) is 10.8. The Morgan fingerprint density at radius 2 is 2.05 bits per heavy atom. The van der Waals surface area contributed by atoms with E-state index in [1.807, 2.05) is 53.9 Å². The molecule has 2 N–H and O–H groups in total. The standard InChI is InChI=1S/C15H15N3O/c1-10-6-7-18-13(8-10)17-14(15(18)16)11-4-3-5-12(9-11)19-2/h3-9H,16H2,1-2H3. The first kappa shape index (κ1) is 11.6. The molecule has 3 rings (SSSR count). The number of fused-ring (bicyclic) bond motifs is 1. The van der Waals surface area contributed by atoms with Gasteiger partial charge in [0.15, 0.2) is 0 Å². The topological polar surface area (TPSA) is 52.5 Å². The summed E-state index contributed by atoms with van der Waals surface area (Å²) in [5, 5.41) is 0. The first-order valence-electron chi connectivity index (χ1n) is 6.07. The lowest BCUT2D eigenvalue weighted by atomic mass is 10.1. The summed E-state index contributed by atoms with van der Waals surface area (Å²) in [5.74, 6) is 1.44. The molecule has 0 unspecified atom stereocenters. The smallest absolute Gasteiger partial charge is 0.139 e. The number of aromatic nitrogens is 2. The Hall–Kier alpha value is -2.49. The van der Waals surface area contributed by atoms with E-state index in [0.29, 0.717) is 5.82 Å². The number of hydrogen-bond donors (Lipinski definition) is 1. The maximum absolute atomic E-state index is 6.17. The summed E-state index contributed by atoms with van der Waals surface area (Å²) in [4.78, 5) is 4.60. The predicted octanol–water partition coefficient (Wildman–Crippen LogP) is 2.90. The number of hydrogen-bond acceptors (Lipinski definition) is 3. The van der Waals surface area contributed by atoms with Crippen molar-refractivity contribution < 1.29 is 4.74 Å². The average molecular weight is 253 g/mol. The highest BCUT2D eigenvalue weighted by atomic mass is 16.5. The van der Waals surface area contributed by atoms with E-state index in [-0.39, 0.29) is 0 Å². The maximum Gasteiger partial charge on any atom is 0.139 e. The summed E-state index contributed by atoms with van der Waals surface area (Å²) in [5.41, 5.74) is 9.93. The van der Waals surface area contributed by atoms with Crippen LogP contribution in [-0.2, 0) is 0 Å². The van der Waals surface area contributed by atoms with Crippen molar-refractivity contribution in [1.29, 1.82) is 0 Å². The lowest BCUT2D eigenvalue weighted by Crippen LogP contribution is -1.94. The summed E-state index contributed by atoms with van der Waals surface area (Å²) in [6.45, 7) is 2.04. The minimum absolute atomic E-state index is 0.642. The zero-order chi connectivity index (χ0) is 13.4. The minimum atomic E-state index is 0.642. The Bertz CT molecular complexity index is 746. The molecule has 0 radical (unpaired) electrons. The lowest BCUT2D eigenvalue weighted by Gasteiger charge is -2.03. The molecular formula is C15H15N3O. The molecule has 0 aliphatic carbocycles. The van der Waals surface area contributed by atoms with Gasteiger partial charge in [-0.2, -0.15) is 0 Å². The summed E-state index contributed by atoms with van der Waals surface area (Å²) in [7, 11) is 1.65. The van der Waals surface area contributed by atoms with Crippen molar-refractivity contribution in [3.63, 3.8) is 0 Å². The first-order chi connectivity index (χ1) is 9.19. The monoisotopic (exact) mass is 253 g/mol. The van der Waals surface area contributed by atoms with Gasteiger partial charge in [-0.15, -0.1) is 0 Å². The summed E-state index contributed by atoms with van der Waals surface area (Å²) in [6, 6.07) is 11.8. The van der Waals surface area contributed by atoms with Gasteiger partial charge in [-0.1, -0.05) is 12.1 Å².